The van der Waals surface area contributed by atoms with Crippen LogP contribution >= 0.6 is 0 Å². The monoisotopic (exact) mass is 416 g/mol. The molecule has 0 radical (unpaired) electrons. The van der Waals surface area contributed by atoms with Gasteiger partial charge in [0.25, 0.3) is 0 Å². The lowest BCUT2D eigenvalue weighted by Gasteiger charge is -2.15. The van der Waals surface area contributed by atoms with Gasteiger partial charge < -0.3 is 14.8 Å². The van der Waals surface area contributed by atoms with E-state index in [4.69, 9.17) is 4.98 Å². The van der Waals surface area contributed by atoms with Crippen molar-refractivity contribution in [1.29, 1.82) is 0 Å². The van der Waals surface area contributed by atoms with Gasteiger partial charge in [0.1, 0.15) is 17.3 Å². The number of nitrogens with zero attached hydrogens (tertiary/aromatic N) is 2. The van der Waals surface area contributed by atoms with Crippen molar-refractivity contribution in [3.05, 3.63) is 103 Å². The number of hydrogen-bond donors (Lipinski definition) is 2. The first-order valence-corrected chi connectivity index (χ1v) is 10.6. The van der Waals surface area contributed by atoms with Gasteiger partial charge in [-0.25, -0.2) is 4.98 Å². The first-order valence-electron chi connectivity index (χ1n) is 10.6. The Morgan fingerprint density at radius 3 is 2.06 bits per heavy atom. The Labute approximate surface area is 184 Å². The van der Waals surface area contributed by atoms with E-state index in [-0.39, 0.29) is 11.5 Å². The van der Waals surface area contributed by atoms with Crippen molar-refractivity contribution < 1.29 is 10.2 Å². The van der Waals surface area contributed by atoms with Gasteiger partial charge in [0, 0.05) is 5.56 Å². The summed E-state index contributed by atoms with van der Waals surface area (Å²) < 4.78 is 2.08. The number of aromatic hydroxyl groups is 2. The lowest BCUT2D eigenvalue weighted by atomic mass is 10.0. The summed E-state index contributed by atoms with van der Waals surface area (Å²) >= 11 is 0. The van der Waals surface area contributed by atoms with E-state index in [1.165, 1.54) is 0 Å². The molecule has 6 aromatic rings. The van der Waals surface area contributed by atoms with Crippen LogP contribution in [0.15, 0.2) is 97.1 Å². The van der Waals surface area contributed by atoms with Crippen LogP contribution in [0, 0.1) is 0 Å². The molecule has 0 aliphatic rings. The van der Waals surface area contributed by atoms with Gasteiger partial charge in [-0.05, 0) is 45.8 Å². The van der Waals surface area contributed by atoms with Crippen LogP contribution in [0.5, 0.6) is 11.5 Å². The molecule has 0 aliphatic carbocycles. The lowest BCUT2D eigenvalue weighted by Crippen LogP contribution is -2.04. The molecule has 0 amide bonds. The molecule has 0 saturated carbocycles. The fraction of sp³-hybridized carbons (Fsp3) is 0.0357. The Bertz CT molecular complexity index is 1630. The molecule has 32 heavy (non-hydrogen) atoms. The largest absolute Gasteiger partial charge is 0.508 e. The van der Waals surface area contributed by atoms with E-state index < -0.39 is 0 Å². The molecule has 1 heterocycles. The van der Waals surface area contributed by atoms with Crippen molar-refractivity contribution in [1.82, 2.24) is 9.55 Å². The Kier molecular flexibility index (Phi) is 4.12. The predicted molar refractivity (Wildman–Crippen MR) is 129 cm³/mol. The minimum atomic E-state index is 0.183. The smallest absolute Gasteiger partial charge is 0.145 e. The maximum absolute atomic E-state index is 10.9. The van der Waals surface area contributed by atoms with Crippen LogP contribution < -0.4 is 0 Å². The zero-order valence-electron chi connectivity index (χ0n) is 17.2. The summed E-state index contributed by atoms with van der Waals surface area (Å²) in [5, 5.41) is 25.7. The Morgan fingerprint density at radius 1 is 0.625 bits per heavy atom. The molecule has 154 valence electrons. The Morgan fingerprint density at radius 2 is 1.25 bits per heavy atom. The van der Waals surface area contributed by atoms with Crippen LogP contribution in [-0.4, -0.2) is 19.8 Å². The van der Waals surface area contributed by atoms with E-state index in [9.17, 15) is 10.2 Å². The zero-order chi connectivity index (χ0) is 21.7. The first-order chi connectivity index (χ1) is 15.7. The fourth-order valence-corrected chi connectivity index (χ4v) is 4.57. The highest BCUT2D eigenvalue weighted by Gasteiger charge is 2.20. The van der Waals surface area contributed by atoms with Crippen molar-refractivity contribution in [2.75, 3.05) is 0 Å². The van der Waals surface area contributed by atoms with Gasteiger partial charge in [-0.15, -0.1) is 0 Å². The molecule has 0 unspecified atom stereocenters. The number of aromatic nitrogens is 2. The van der Waals surface area contributed by atoms with Crippen molar-refractivity contribution >= 4 is 32.6 Å². The summed E-state index contributed by atoms with van der Waals surface area (Å²) in [7, 11) is 0. The van der Waals surface area contributed by atoms with Crippen LogP contribution in [0.2, 0.25) is 0 Å². The zero-order valence-corrected chi connectivity index (χ0v) is 17.2. The van der Waals surface area contributed by atoms with Crippen LogP contribution in [0.4, 0.5) is 0 Å². The quantitative estimate of drug-likeness (QED) is 0.348. The number of phenolic OH excluding ortho intramolecular Hbond substituents is 2. The highest BCUT2D eigenvalue weighted by molar-refractivity contribution is 6.00. The van der Waals surface area contributed by atoms with Gasteiger partial charge in [0.2, 0.25) is 0 Å². The highest BCUT2D eigenvalue weighted by atomic mass is 16.3. The van der Waals surface area contributed by atoms with Crippen LogP contribution in [0.1, 0.15) is 5.56 Å². The second kappa shape index (κ2) is 7.13. The average Bonchev–Trinajstić information content (AvgIpc) is 3.18. The minimum absolute atomic E-state index is 0.183. The van der Waals surface area contributed by atoms with E-state index in [2.05, 4.69) is 4.57 Å². The molecule has 4 heteroatoms. The van der Waals surface area contributed by atoms with Crippen LogP contribution in [-0.2, 0) is 6.54 Å². The molecule has 0 bridgehead atoms. The number of fused-ring (bicyclic) bond motifs is 3. The van der Waals surface area contributed by atoms with E-state index in [0.29, 0.717) is 17.9 Å². The highest BCUT2D eigenvalue weighted by Crippen LogP contribution is 2.39. The van der Waals surface area contributed by atoms with Gasteiger partial charge in [-0.2, -0.15) is 0 Å². The van der Waals surface area contributed by atoms with Gasteiger partial charge in [-0.1, -0.05) is 72.8 Å². The Hall–Kier alpha value is -4.31. The molecular weight excluding hydrogens is 396 g/mol. The maximum Gasteiger partial charge on any atom is 0.145 e. The molecule has 4 nitrogen and oxygen atoms in total. The third-order valence-electron chi connectivity index (χ3n) is 6.12. The predicted octanol–water partition coefficient (Wildman–Crippen LogP) is 6.47. The van der Waals surface area contributed by atoms with Crippen LogP contribution in [0.25, 0.3) is 44.0 Å². The minimum Gasteiger partial charge on any atom is -0.508 e. The molecule has 0 atom stereocenters. The molecule has 0 saturated heterocycles. The second-order valence-electron chi connectivity index (χ2n) is 7.98. The van der Waals surface area contributed by atoms with Crippen molar-refractivity contribution in [2.24, 2.45) is 0 Å². The summed E-state index contributed by atoms with van der Waals surface area (Å²) in [6, 6.07) is 31.3. The number of benzene rings is 5. The summed E-state index contributed by atoms with van der Waals surface area (Å²) in [5.74, 6) is 1.10. The maximum atomic E-state index is 10.9. The van der Waals surface area contributed by atoms with Gasteiger partial charge in [0.05, 0.1) is 23.1 Å². The number of hydrogen-bond acceptors (Lipinski definition) is 3. The summed E-state index contributed by atoms with van der Waals surface area (Å²) in [6.45, 7) is 0.422. The first kappa shape index (κ1) is 18.5. The molecule has 6 rings (SSSR count). The van der Waals surface area contributed by atoms with Crippen molar-refractivity contribution in [3.63, 3.8) is 0 Å². The fourth-order valence-electron chi connectivity index (χ4n) is 4.57. The molecule has 2 N–H and O–H groups in total. The Balaban J connectivity index is 1.66. The molecule has 0 fully saturated rings. The van der Waals surface area contributed by atoms with E-state index in [0.717, 1.165) is 38.1 Å². The van der Waals surface area contributed by atoms with E-state index in [1.807, 2.05) is 84.9 Å². The SMILES string of the molecule is Oc1ccc2ccccc2c1Cn1c(-c2c(O)ccc3ccccc23)nc2ccccc21. The van der Waals surface area contributed by atoms with E-state index >= 15 is 0 Å². The molecule has 0 aliphatic heterocycles. The number of para-hydroxylation sites is 2. The normalized spacial score (nSPS) is 11.5. The third-order valence-corrected chi connectivity index (χ3v) is 6.12. The van der Waals surface area contributed by atoms with Gasteiger partial charge in [-0.3, -0.25) is 0 Å². The summed E-state index contributed by atoms with van der Waals surface area (Å²) in [6.07, 6.45) is 0. The number of rotatable bonds is 3. The average molecular weight is 416 g/mol. The number of imidazole rings is 1. The standard InChI is InChI=1S/C28H20N2O2/c31-25-15-13-18-7-1-3-9-20(18)22(25)17-30-24-12-6-5-11-23(24)29-28(30)27-21-10-4-2-8-19(21)14-16-26(27)32/h1-16,31-32H,17H2. The summed E-state index contributed by atoms with van der Waals surface area (Å²) in [5.41, 5.74) is 3.31. The van der Waals surface area contributed by atoms with Crippen molar-refractivity contribution in [2.45, 2.75) is 6.54 Å². The van der Waals surface area contributed by atoms with Gasteiger partial charge in [0.15, 0.2) is 0 Å². The van der Waals surface area contributed by atoms with E-state index in [1.54, 1.807) is 12.1 Å². The molecule has 5 aromatic carbocycles. The molecule has 0 spiro atoms. The van der Waals surface area contributed by atoms with Crippen molar-refractivity contribution in [3.8, 4) is 22.9 Å². The van der Waals surface area contributed by atoms with Gasteiger partial charge >= 0.3 is 0 Å². The lowest BCUT2D eigenvalue weighted by molar-refractivity contribution is 0.467. The topological polar surface area (TPSA) is 58.3 Å². The number of phenols is 2. The molecular formula is C28H20N2O2. The van der Waals surface area contributed by atoms with Crippen LogP contribution in [0.3, 0.4) is 0 Å². The second-order valence-corrected chi connectivity index (χ2v) is 7.98. The summed E-state index contributed by atoms with van der Waals surface area (Å²) in [4.78, 5) is 4.92. The third kappa shape index (κ3) is 2.81. The molecule has 1 aromatic heterocycles.